The standard InChI is InChI=1S/C8H16F3NO5S2/c1-6(7(2,3)13)5-12(18(4,14)15)19(16,17)8(9,10)11/h6,13H,5H2,1-4H3. The van der Waals surface area contributed by atoms with Gasteiger partial charge >= 0.3 is 15.5 Å². The molecule has 0 aromatic heterocycles. The number of halogens is 3. The molecule has 1 N–H and O–H groups in total. The number of alkyl halides is 3. The van der Waals surface area contributed by atoms with Gasteiger partial charge in [-0.25, -0.2) is 16.8 Å². The van der Waals surface area contributed by atoms with Crippen LogP contribution < -0.4 is 0 Å². The molecule has 0 amide bonds. The lowest BCUT2D eigenvalue weighted by Gasteiger charge is -2.30. The van der Waals surface area contributed by atoms with Gasteiger partial charge in [-0.3, -0.25) is 0 Å². The summed E-state index contributed by atoms with van der Waals surface area (Å²) in [6.07, 6.45) is 0.355. The van der Waals surface area contributed by atoms with Crippen LogP contribution in [0.4, 0.5) is 13.2 Å². The van der Waals surface area contributed by atoms with Crippen LogP contribution in [0.3, 0.4) is 0 Å². The van der Waals surface area contributed by atoms with Gasteiger partial charge in [0.2, 0.25) is 10.0 Å². The van der Waals surface area contributed by atoms with E-state index in [-0.39, 0.29) is 0 Å². The third-order valence-electron chi connectivity index (χ3n) is 2.56. The second-order valence-electron chi connectivity index (χ2n) is 4.72. The van der Waals surface area contributed by atoms with E-state index in [1.807, 2.05) is 0 Å². The molecule has 0 spiro atoms. The fourth-order valence-corrected chi connectivity index (χ4v) is 3.80. The first-order valence-corrected chi connectivity index (χ1v) is 8.31. The Hall–Kier alpha value is -0.390. The lowest BCUT2D eigenvalue weighted by Crippen LogP contribution is -2.48. The van der Waals surface area contributed by atoms with Gasteiger partial charge in [0, 0.05) is 6.54 Å². The van der Waals surface area contributed by atoms with Gasteiger partial charge in [0.15, 0.2) is 0 Å². The zero-order valence-electron chi connectivity index (χ0n) is 10.8. The van der Waals surface area contributed by atoms with E-state index >= 15 is 0 Å². The van der Waals surface area contributed by atoms with Crippen molar-refractivity contribution >= 4 is 20.0 Å². The summed E-state index contributed by atoms with van der Waals surface area (Å²) in [6, 6.07) is 0. The second kappa shape index (κ2) is 5.19. The van der Waals surface area contributed by atoms with Crippen LogP contribution in [0.2, 0.25) is 0 Å². The molecular weight excluding hydrogens is 311 g/mol. The topological polar surface area (TPSA) is 91.8 Å². The molecule has 0 aliphatic carbocycles. The van der Waals surface area contributed by atoms with E-state index in [0.29, 0.717) is 6.26 Å². The smallest absolute Gasteiger partial charge is 0.390 e. The molecule has 19 heavy (non-hydrogen) atoms. The van der Waals surface area contributed by atoms with E-state index < -0.39 is 47.3 Å². The Morgan fingerprint density at radius 3 is 1.74 bits per heavy atom. The Balaban J connectivity index is 5.68. The molecule has 0 aromatic rings. The number of nitrogens with zero attached hydrogens (tertiary/aromatic N) is 1. The van der Waals surface area contributed by atoms with Crippen molar-refractivity contribution in [3.8, 4) is 0 Å². The number of aliphatic hydroxyl groups is 1. The minimum Gasteiger partial charge on any atom is -0.390 e. The third kappa shape index (κ3) is 4.58. The fraction of sp³-hybridized carbons (Fsp3) is 1.00. The van der Waals surface area contributed by atoms with Crippen molar-refractivity contribution in [1.82, 2.24) is 3.71 Å². The van der Waals surface area contributed by atoms with Gasteiger partial charge in [0.1, 0.15) is 0 Å². The van der Waals surface area contributed by atoms with Crippen LogP contribution in [-0.2, 0) is 20.0 Å². The predicted octanol–water partition coefficient (Wildman–Crippen LogP) is 0.505. The summed E-state index contributed by atoms with van der Waals surface area (Å²) in [6.45, 7) is 2.71. The van der Waals surface area contributed by atoms with Gasteiger partial charge < -0.3 is 5.11 Å². The summed E-state index contributed by atoms with van der Waals surface area (Å²) in [5, 5.41) is 9.57. The van der Waals surface area contributed by atoms with Crippen LogP contribution in [0.15, 0.2) is 0 Å². The predicted molar refractivity (Wildman–Crippen MR) is 62.0 cm³/mol. The maximum atomic E-state index is 12.4. The van der Waals surface area contributed by atoms with Crippen molar-refractivity contribution in [2.75, 3.05) is 12.8 Å². The molecule has 0 radical (unpaired) electrons. The van der Waals surface area contributed by atoms with E-state index in [9.17, 15) is 35.1 Å². The lowest BCUT2D eigenvalue weighted by molar-refractivity contribution is -0.0481. The average Bonchev–Trinajstić information content (AvgIpc) is 2.07. The van der Waals surface area contributed by atoms with E-state index in [4.69, 9.17) is 0 Å². The minimum absolute atomic E-state index is 0.355. The molecule has 116 valence electrons. The van der Waals surface area contributed by atoms with Crippen molar-refractivity contribution in [3.63, 3.8) is 0 Å². The van der Waals surface area contributed by atoms with Gasteiger partial charge in [-0.15, -0.1) is 0 Å². The number of hydrogen-bond acceptors (Lipinski definition) is 5. The molecule has 0 saturated carbocycles. The molecule has 0 aliphatic heterocycles. The Bertz CT molecular complexity index is 518. The van der Waals surface area contributed by atoms with Gasteiger partial charge in [0.25, 0.3) is 0 Å². The summed E-state index contributed by atoms with van der Waals surface area (Å²) in [4.78, 5) is 0. The zero-order chi connectivity index (χ0) is 15.9. The normalized spacial score (nSPS) is 16.7. The van der Waals surface area contributed by atoms with Crippen LogP contribution in [0, 0.1) is 5.92 Å². The number of sulfonamides is 2. The van der Waals surface area contributed by atoms with Gasteiger partial charge in [-0.1, -0.05) is 10.6 Å². The molecule has 0 fully saturated rings. The molecule has 0 aliphatic rings. The Kier molecular flexibility index (Phi) is 5.08. The SMILES string of the molecule is CC(CN(S(C)(=O)=O)S(=O)(=O)C(F)(F)F)C(C)(C)O. The summed E-state index contributed by atoms with van der Waals surface area (Å²) in [7, 11) is -10.7. The summed E-state index contributed by atoms with van der Waals surface area (Å²) >= 11 is 0. The third-order valence-corrected chi connectivity index (χ3v) is 6.12. The maximum absolute atomic E-state index is 12.4. The van der Waals surface area contributed by atoms with Crippen molar-refractivity contribution in [3.05, 3.63) is 0 Å². The summed E-state index contributed by atoms with van der Waals surface area (Å²) in [5.74, 6) is -1.03. The van der Waals surface area contributed by atoms with Crippen molar-refractivity contribution in [2.45, 2.75) is 31.9 Å². The first-order valence-electron chi connectivity index (χ1n) is 5.03. The van der Waals surface area contributed by atoms with E-state index in [1.165, 1.54) is 20.8 Å². The molecule has 0 aromatic carbocycles. The van der Waals surface area contributed by atoms with E-state index in [1.54, 1.807) is 0 Å². The first kappa shape index (κ1) is 18.6. The Labute approximate surface area is 110 Å². The Morgan fingerprint density at radius 2 is 1.53 bits per heavy atom. The van der Waals surface area contributed by atoms with Crippen molar-refractivity contribution in [2.24, 2.45) is 5.92 Å². The molecule has 0 rings (SSSR count). The van der Waals surface area contributed by atoms with E-state index in [2.05, 4.69) is 0 Å². The quantitative estimate of drug-likeness (QED) is 0.794. The maximum Gasteiger partial charge on any atom is 0.512 e. The highest BCUT2D eigenvalue weighted by molar-refractivity contribution is 8.04. The van der Waals surface area contributed by atoms with Crippen molar-refractivity contribution < 1.29 is 35.1 Å². The molecular formula is C8H16F3NO5S2. The monoisotopic (exact) mass is 327 g/mol. The highest BCUT2D eigenvalue weighted by atomic mass is 32.3. The lowest BCUT2D eigenvalue weighted by atomic mass is 9.93. The minimum atomic E-state index is -6.02. The van der Waals surface area contributed by atoms with E-state index in [0.717, 1.165) is 0 Å². The van der Waals surface area contributed by atoms with Crippen LogP contribution >= 0.6 is 0 Å². The second-order valence-corrected chi connectivity index (χ2v) is 8.72. The van der Waals surface area contributed by atoms with Gasteiger partial charge in [0.05, 0.1) is 11.9 Å². The summed E-state index contributed by atoms with van der Waals surface area (Å²) in [5.41, 5.74) is -7.26. The molecule has 0 bridgehead atoms. The number of rotatable bonds is 5. The van der Waals surface area contributed by atoms with Crippen LogP contribution in [-0.4, -0.2) is 49.6 Å². The molecule has 6 nitrogen and oxygen atoms in total. The van der Waals surface area contributed by atoms with Gasteiger partial charge in [-0.2, -0.15) is 13.2 Å². The molecule has 1 unspecified atom stereocenters. The highest BCUT2D eigenvalue weighted by Gasteiger charge is 2.53. The molecule has 0 saturated heterocycles. The molecule has 1 atom stereocenters. The molecule has 0 heterocycles. The number of hydrogen-bond donors (Lipinski definition) is 1. The van der Waals surface area contributed by atoms with Crippen molar-refractivity contribution in [1.29, 1.82) is 0 Å². The Morgan fingerprint density at radius 1 is 1.16 bits per heavy atom. The highest BCUT2D eigenvalue weighted by Crippen LogP contribution is 2.30. The van der Waals surface area contributed by atoms with Gasteiger partial charge in [-0.05, 0) is 19.8 Å². The molecule has 11 heteroatoms. The van der Waals surface area contributed by atoms with Crippen LogP contribution in [0.5, 0.6) is 0 Å². The summed E-state index contributed by atoms with van der Waals surface area (Å²) < 4.78 is 81.5. The first-order chi connectivity index (χ1) is 8.01. The largest absolute Gasteiger partial charge is 0.512 e. The van der Waals surface area contributed by atoms with Crippen LogP contribution in [0.25, 0.3) is 0 Å². The average molecular weight is 327 g/mol. The zero-order valence-corrected chi connectivity index (χ0v) is 12.4. The van der Waals surface area contributed by atoms with Crippen LogP contribution in [0.1, 0.15) is 20.8 Å². The fourth-order valence-electron chi connectivity index (χ4n) is 0.974.